The van der Waals surface area contributed by atoms with Crippen molar-refractivity contribution < 1.29 is 23.9 Å². The van der Waals surface area contributed by atoms with Crippen molar-refractivity contribution in [1.82, 2.24) is 5.32 Å². The molecule has 0 saturated heterocycles. The lowest BCUT2D eigenvalue weighted by atomic mass is 10.1. The maximum atomic E-state index is 11.7. The van der Waals surface area contributed by atoms with Crippen molar-refractivity contribution in [2.45, 2.75) is 13.8 Å². The molecule has 0 bridgehead atoms. The molecule has 1 aromatic carbocycles. The quantitative estimate of drug-likeness (QED) is 0.637. The van der Waals surface area contributed by atoms with Gasteiger partial charge in [0.25, 0.3) is 5.91 Å². The average Bonchev–Trinajstić information content (AvgIpc) is 2.27. The first-order chi connectivity index (χ1) is 8.45. The molecular formula is C12H13NO5. The summed E-state index contributed by atoms with van der Waals surface area (Å²) >= 11 is 0. The maximum absolute atomic E-state index is 11.7. The molecule has 2 amide bonds. The molecule has 1 N–H and O–H groups in total. The third kappa shape index (κ3) is 3.31. The minimum atomic E-state index is -0.655. The van der Waals surface area contributed by atoms with Gasteiger partial charge in [-0.05, 0) is 12.1 Å². The fourth-order valence-corrected chi connectivity index (χ4v) is 1.33. The Morgan fingerprint density at radius 1 is 1.17 bits per heavy atom. The van der Waals surface area contributed by atoms with E-state index in [0.29, 0.717) is 0 Å². The van der Waals surface area contributed by atoms with E-state index in [9.17, 15) is 14.4 Å². The highest BCUT2D eigenvalue weighted by molar-refractivity contribution is 6.06. The molecule has 6 heteroatoms. The van der Waals surface area contributed by atoms with Gasteiger partial charge in [-0.25, -0.2) is 0 Å². The molecule has 6 nitrogen and oxygen atoms in total. The molecule has 96 valence electrons. The van der Waals surface area contributed by atoms with Crippen LogP contribution >= 0.6 is 0 Å². The van der Waals surface area contributed by atoms with Crippen LogP contribution in [0.3, 0.4) is 0 Å². The van der Waals surface area contributed by atoms with Crippen LogP contribution < -0.4 is 14.8 Å². The van der Waals surface area contributed by atoms with Gasteiger partial charge in [0.2, 0.25) is 5.91 Å². The first kappa shape index (κ1) is 13.7. The van der Waals surface area contributed by atoms with Gasteiger partial charge in [-0.1, -0.05) is 6.07 Å². The third-order valence-electron chi connectivity index (χ3n) is 1.98. The molecule has 0 aromatic heterocycles. The fourth-order valence-electron chi connectivity index (χ4n) is 1.33. The lowest BCUT2D eigenvalue weighted by Gasteiger charge is -2.12. The zero-order valence-electron chi connectivity index (χ0n) is 10.3. The number of rotatable bonds is 3. The van der Waals surface area contributed by atoms with Crippen molar-refractivity contribution in [3.05, 3.63) is 23.8 Å². The maximum Gasteiger partial charge on any atom is 0.308 e. The summed E-state index contributed by atoms with van der Waals surface area (Å²) < 4.78 is 9.93. The number of nitrogens with one attached hydrogen (secondary N) is 1. The monoisotopic (exact) mass is 251 g/mol. The number of hydrogen-bond donors (Lipinski definition) is 1. The minimum Gasteiger partial charge on any atom is -0.493 e. The predicted octanol–water partition coefficient (Wildman–Crippen LogP) is 0.897. The number of carbonyl (C=O) groups excluding carboxylic acids is 3. The normalized spacial score (nSPS) is 9.50. The number of carbonyl (C=O) groups is 3. The van der Waals surface area contributed by atoms with Gasteiger partial charge >= 0.3 is 5.97 Å². The Kier molecular flexibility index (Phi) is 4.42. The topological polar surface area (TPSA) is 81.7 Å². The number of hydrogen-bond acceptors (Lipinski definition) is 5. The molecule has 0 spiro atoms. The molecule has 0 heterocycles. The Hall–Kier alpha value is -2.37. The van der Waals surface area contributed by atoms with Crippen LogP contribution in [-0.4, -0.2) is 24.9 Å². The molecule has 0 saturated carbocycles. The van der Waals surface area contributed by atoms with E-state index in [-0.39, 0.29) is 17.1 Å². The Labute approximate surface area is 104 Å². The fraction of sp³-hybridized carbons (Fsp3) is 0.250. The zero-order chi connectivity index (χ0) is 13.7. The molecule has 0 aliphatic heterocycles. The van der Waals surface area contributed by atoms with Crippen LogP contribution in [0.5, 0.6) is 11.5 Å². The molecule has 0 unspecified atom stereocenters. The Morgan fingerprint density at radius 2 is 1.83 bits per heavy atom. The van der Waals surface area contributed by atoms with E-state index in [0.717, 1.165) is 0 Å². The van der Waals surface area contributed by atoms with Crippen molar-refractivity contribution in [2.75, 3.05) is 7.11 Å². The first-order valence-electron chi connectivity index (χ1n) is 5.13. The van der Waals surface area contributed by atoms with Gasteiger partial charge in [0.15, 0.2) is 11.5 Å². The van der Waals surface area contributed by atoms with E-state index < -0.39 is 17.8 Å². The van der Waals surface area contributed by atoms with E-state index in [1.807, 2.05) is 0 Å². The van der Waals surface area contributed by atoms with E-state index in [4.69, 9.17) is 9.47 Å². The highest BCUT2D eigenvalue weighted by Crippen LogP contribution is 2.31. The number of benzene rings is 1. The van der Waals surface area contributed by atoms with Crippen molar-refractivity contribution >= 4 is 17.8 Å². The van der Waals surface area contributed by atoms with Crippen molar-refractivity contribution in [3.63, 3.8) is 0 Å². The highest BCUT2D eigenvalue weighted by Gasteiger charge is 2.19. The molecule has 1 aromatic rings. The van der Waals surface area contributed by atoms with Crippen LogP contribution in [0.2, 0.25) is 0 Å². The summed E-state index contributed by atoms with van der Waals surface area (Å²) in [6, 6.07) is 4.53. The summed E-state index contributed by atoms with van der Waals surface area (Å²) in [4.78, 5) is 33.6. The van der Waals surface area contributed by atoms with E-state index in [2.05, 4.69) is 5.32 Å². The number of amides is 2. The number of ether oxygens (including phenoxy) is 2. The molecule has 18 heavy (non-hydrogen) atoms. The molecule has 1 rings (SSSR count). The largest absolute Gasteiger partial charge is 0.493 e. The van der Waals surface area contributed by atoms with Gasteiger partial charge in [0, 0.05) is 13.8 Å². The number of imide groups is 1. The van der Waals surface area contributed by atoms with Gasteiger partial charge in [-0.3, -0.25) is 19.7 Å². The Bertz CT molecular complexity index is 495. The van der Waals surface area contributed by atoms with E-state index in [1.54, 1.807) is 12.1 Å². The Morgan fingerprint density at radius 3 is 2.33 bits per heavy atom. The first-order valence-corrected chi connectivity index (χ1v) is 5.13. The second-order valence-corrected chi connectivity index (χ2v) is 3.44. The number of methoxy groups -OCH3 is 1. The second kappa shape index (κ2) is 5.81. The van der Waals surface area contributed by atoms with Gasteiger partial charge in [0.05, 0.1) is 12.7 Å². The summed E-state index contributed by atoms with van der Waals surface area (Å²) in [7, 11) is 1.38. The average molecular weight is 251 g/mol. The third-order valence-corrected chi connectivity index (χ3v) is 1.98. The van der Waals surface area contributed by atoms with Crippen molar-refractivity contribution in [3.8, 4) is 11.5 Å². The van der Waals surface area contributed by atoms with Crippen LogP contribution in [0.1, 0.15) is 24.2 Å². The predicted molar refractivity (Wildman–Crippen MR) is 62.5 cm³/mol. The lowest BCUT2D eigenvalue weighted by Crippen LogP contribution is -2.28. The van der Waals surface area contributed by atoms with Crippen molar-refractivity contribution in [2.24, 2.45) is 0 Å². The van der Waals surface area contributed by atoms with Crippen LogP contribution in [0.4, 0.5) is 0 Å². The van der Waals surface area contributed by atoms with Gasteiger partial charge in [-0.2, -0.15) is 0 Å². The van der Waals surface area contributed by atoms with Crippen LogP contribution in [-0.2, 0) is 9.59 Å². The minimum absolute atomic E-state index is 0.00810. The molecular weight excluding hydrogens is 238 g/mol. The standard InChI is InChI=1S/C12H13NO5/c1-7(14)13-12(16)9-5-4-6-10(17-3)11(9)18-8(2)15/h4-6H,1-3H3,(H,13,14,16). The SMILES string of the molecule is COc1cccc(C(=O)NC(C)=O)c1OC(C)=O. The smallest absolute Gasteiger partial charge is 0.308 e. The van der Waals surface area contributed by atoms with Crippen LogP contribution in [0, 0.1) is 0 Å². The second-order valence-electron chi connectivity index (χ2n) is 3.44. The van der Waals surface area contributed by atoms with E-state index >= 15 is 0 Å². The molecule has 0 fully saturated rings. The number of esters is 1. The van der Waals surface area contributed by atoms with Gasteiger partial charge < -0.3 is 9.47 Å². The highest BCUT2D eigenvalue weighted by atomic mass is 16.6. The number of para-hydroxylation sites is 1. The molecule has 0 aliphatic rings. The summed E-state index contributed by atoms with van der Waals surface area (Å²) in [5.74, 6) is -1.52. The summed E-state index contributed by atoms with van der Waals surface area (Å²) in [5, 5.41) is 2.10. The van der Waals surface area contributed by atoms with Crippen LogP contribution in [0.25, 0.3) is 0 Å². The van der Waals surface area contributed by atoms with Gasteiger partial charge in [-0.15, -0.1) is 0 Å². The molecule has 0 radical (unpaired) electrons. The summed E-state index contributed by atoms with van der Waals surface area (Å²) in [6.45, 7) is 2.42. The summed E-state index contributed by atoms with van der Waals surface area (Å²) in [6.07, 6.45) is 0. The summed E-state index contributed by atoms with van der Waals surface area (Å²) in [5.41, 5.74) is 0.0553. The van der Waals surface area contributed by atoms with Crippen molar-refractivity contribution in [1.29, 1.82) is 0 Å². The zero-order valence-corrected chi connectivity index (χ0v) is 10.3. The van der Waals surface area contributed by atoms with Crippen LogP contribution in [0.15, 0.2) is 18.2 Å². The Balaban J connectivity index is 3.20. The molecule has 0 aliphatic carbocycles. The molecule has 0 atom stereocenters. The van der Waals surface area contributed by atoms with E-state index in [1.165, 1.54) is 27.0 Å². The lowest BCUT2D eigenvalue weighted by molar-refractivity contribution is -0.132. The van der Waals surface area contributed by atoms with Gasteiger partial charge in [0.1, 0.15) is 0 Å².